The molecule has 0 aromatic rings. The number of carbonyl (C=O) groups excluding carboxylic acids is 1. The van der Waals surface area contributed by atoms with Gasteiger partial charge in [0, 0.05) is 12.3 Å². The zero-order chi connectivity index (χ0) is 12.8. The van der Waals surface area contributed by atoms with Crippen molar-refractivity contribution in [3.05, 3.63) is 0 Å². The Balaban J connectivity index is 2.43. The van der Waals surface area contributed by atoms with Gasteiger partial charge in [0.1, 0.15) is 0 Å². The number of rotatable bonds is 5. The van der Waals surface area contributed by atoms with Crippen LogP contribution in [0.15, 0.2) is 0 Å². The molecule has 0 aliphatic heterocycles. The van der Waals surface area contributed by atoms with E-state index in [-0.39, 0.29) is 17.7 Å². The van der Waals surface area contributed by atoms with Crippen LogP contribution in [0.3, 0.4) is 0 Å². The number of hydrogen-bond donors (Lipinski definition) is 4. The summed E-state index contributed by atoms with van der Waals surface area (Å²) in [5.74, 6) is -1.04. The topological polar surface area (TPSA) is 92.4 Å². The molecule has 1 saturated carbocycles. The summed E-state index contributed by atoms with van der Waals surface area (Å²) in [6, 6.07) is -0.620. The Labute approximate surface area is 107 Å². The first-order valence-corrected chi connectivity index (χ1v) is 6.56. The maximum Gasteiger partial charge on any atom is 0.306 e. The van der Waals surface area contributed by atoms with Gasteiger partial charge in [-0.2, -0.15) is 12.6 Å². The van der Waals surface area contributed by atoms with E-state index >= 15 is 0 Å². The van der Waals surface area contributed by atoms with Crippen LogP contribution in [0.25, 0.3) is 0 Å². The van der Waals surface area contributed by atoms with E-state index in [4.69, 9.17) is 10.8 Å². The van der Waals surface area contributed by atoms with E-state index in [0.29, 0.717) is 18.7 Å². The zero-order valence-electron chi connectivity index (χ0n) is 9.76. The molecule has 0 unspecified atom stereocenters. The Morgan fingerprint density at radius 2 is 2.06 bits per heavy atom. The second-order valence-electron chi connectivity index (χ2n) is 4.52. The molecular weight excluding hydrogens is 240 g/mol. The lowest BCUT2D eigenvalue weighted by Crippen LogP contribution is -2.45. The van der Waals surface area contributed by atoms with Gasteiger partial charge >= 0.3 is 5.97 Å². The van der Waals surface area contributed by atoms with E-state index in [2.05, 4.69) is 17.9 Å². The van der Waals surface area contributed by atoms with Crippen LogP contribution in [-0.2, 0) is 9.59 Å². The van der Waals surface area contributed by atoms with Crippen LogP contribution in [0.2, 0.25) is 0 Å². The van der Waals surface area contributed by atoms with Gasteiger partial charge in [0.25, 0.3) is 0 Å². The molecule has 0 radical (unpaired) electrons. The Bertz CT molecular complexity index is 286. The molecule has 17 heavy (non-hydrogen) atoms. The summed E-state index contributed by atoms with van der Waals surface area (Å²) in [6.45, 7) is 0.400. The van der Waals surface area contributed by atoms with Crippen molar-refractivity contribution in [3.8, 4) is 0 Å². The summed E-state index contributed by atoms with van der Waals surface area (Å²) < 4.78 is 0. The normalized spacial score (nSPS) is 26.2. The second kappa shape index (κ2) is 6.86. The van der Waals surface area contributed by atoms with Crippen LogP contribution < -0.4 is 11.1 Å². The van der Waals surface area contributed by atoms with Crippen molar-refractivity contribution in [1.82, 2.24) is 5.32 Å². The Morgan fingerprint density at radius 1 is 1.41 bits per heavy atom. The van der Waals surface area contributed by atoms with Gasteiger partial charge in [-0.05, 0) is 18.8 Å². The van der Waals surface area contributed by atoms with Crippen LogP contribution in [0, 0.1) is 11.8 Å². The largest absolute Gasteiger partial charge is 0.481 e. The number of aliphatic carboxylic acids is 1. The van der Waals surface area contributed by atoms with Crippen LogP contribution >= 0.6 is 12.6 Å². The highest BCUT2D eigenvalue weighted by molar-refractivity contribution is 7.80. The van der Waals surface area contributed by atoms with Crippen LogP contribution in [0.1, 0.15) is 25.7 Å². The van der Waals surface area contributed by atoms with Gasteiger partial charge in [-0.1, -0.05) is 12.8 Å². The van der Waals surface area contributed by atoms with Crippen LogP contribution in [-0.4, -0.2) is 35.3 Å². The molecule has 6 heteroatoms. The average molecular weight is 260 g/mol. The van der Waals surface area contributed by atoms with Crippen molar-refractivity contribution in [2.24, 2.45) is 17.6 Å². The number of nitrogens with two attached hydrogens (primary N) is 1. The van der Waals surface area contributed by atoms with Gasteiger partial charge in [0.15, 0.2) is 0 Å². The lowest BCUT2D eigenvalue weighted by molar-refractivity contribution is -0.145. The standard InChI is InChI=1S/C11H20N2O3S/c12-9(6-17)10(14)13-5-7-3-1-2-4-8(7)11(15)16/h7-9,17H,1-6,12H2,(H,13,14)(H,15,16)/t7-,8-,9-/m0/s1. The molecule has 0 saturated heterocycles. The van der Waals surface area contributed by atoms with Crippen molar-refractivity contribution in [3.63, 3.8) is 0 Å². The summed E-state index contributed by atoms with van der Waals surface area (Å²) in [4.78, 5) is 22.5. The monoisotopic (exact) mass is 260 g/mol. The van der Waals surface area contributed by atoms with E-state index in [1.165, 1.54) is 0 Å². The lowest BCUT2D eigenvalue weighted by Gasteiger charge is -2.28. The Morgan fingerprint density at radius 3 is 2.65 bits per heavy atom. The highest BCUT2D eigenvalue weighted by Gasteiger charge is 2.31. The van der Waals surface area contributed by atoms with Gasteiger partial charge in [-0.15, -0.1) is 0 Å². The van der Waals surface area contributed by atoms with E-state index < -0.39 is 12.0 Å². The third kappa shape index (κ3) is 4.20. The summed E-state index contributed by atoms with van der Waals surface area (Å²) in [5.41, 5.74) is 5.52. The van der Waals surface area contributed by atoms with Gasteiger partial charge in [-0.3, -0.25) is 9.59 Å². The molecule has 0 aromatic carbocycles. The third-order valence-electron chi connectivity index (χ3n) is 3.30. The first kappa shape index (κ1) is 14.3. The first-order chi connectivity index (χ1) is 8.06. The van der Waals surface area contributed by atoms with Crippen molar-refractivity contribution in [1.29, 1.82) is 0 Å². The van der Waals surface area contributed by atoms with Gasteiger partial charge in [0.05, 0.1) is 12.0 Å². The van der Waals surface area contributed by atoms with Gasteiger partial charge in [0.2, 0.25) is 5.91 Å². The minimum atomic E-state index is -0.762. The van der Waals surface area contributed by atoms with Crippen molar-refractivity contribution in [2.75, 3.05) is 12.3 Å². The fraction of sp³-hybridized carbons (Fsp3) is 0.818. The smallest absolute Gasteiger partial charge is 0.306 e. The molecule has 0 spiro atoms. The van der Waals surface area contributed by atoms with Crippen molar-refractivity contribution < 1.29 is 14.7 Å². The molecule has 1 aliphatic carbocycles. The molecule has 0 aromatic heterocycles. The van der Waals surface area contributed by atoms with Crippen LogP contribution in [0.5, 0.6) is 0 Å². The third-order valence-corrected chi connectivity index (χ3v) is 3.69. The zero-order valence-corrected chi connectivity index (χ0v) is 10.7. The maximum absolute atomic E-state index is 11.5. The number of thiol groups is 1. The van der Waals surface area contributed by atoms with E-state index in [0.717, 1.165) is 19.3 Å². The number of carboxylic acid groups (broad SMARTS) is 1. The molecule has 1 amide bonds. The fourth-order valence-corrected chi connectivity index (χ4v) is 2.39. The van der Waals surface area contributed by atoms with E-state index in [9.17, 15) is 9.59 Å². The molecule has 1 fully saturated rings. The Kier molecular flexibility index (Phi) is 5.77. The molecule has 1 rings (SSSR count). The number of carboxylic acids is 1. The van der Waals surface area contributed by atoms with Crippen LogP contribution in [0.4, 0.5) is 0 Å². The fourth-order valence-electron chi connectivity index (χ4n) is 2.22. The molecule has 0 bridgehead atoms. The van der Waals surface area contributed by atoms with Gasteiger partial charge in [-0.25, -0.2) is 0 Å². The van der Waals surface area contributed by atoms with E-state index in [1.54, 1.807) is 0 Å². The van der Waals surface area contributed by atoms with Gasteiger partial charge < -0.3 is 16.2 Å². The van der Waals surface area contributed by atoms with Crippen molar-refractivity contribution in [2.45, 2.75) is 31.7 Å². The summed E-state index contributed by atoms with van der Waals surface area (Å²) in [5, 5.41) is 11.8. The molecule has 1 aliphatic rings. The summed E-state index contributed by atoms with van der Waals surface area (Å²) in [6.07, 6.45) is 3.54. The molecule has 4 N–H and O–H groups in total. The molecule has 3 atom stereocenters. The lowest BCUT2D eigenvalue weighted by atomic mass is 9.79. The number of amides is 1. The minimum Gasteiger partial charge on any atom is -0.481 e. The minimum absolute atomic E-state index is 0.0253. The predicted octanol–water partition coefficient (Wildman–Crippen LogP) is 0.251. The number of nitrogens with one attached hydrogen (secondary N) is 1. The summed E-state index contributed by atoms with van der Waals surface area (Å²) in [7, 11) is 0. The van der Waals surface area contributed by atoms with Crippen molar-refractivity contribution >= 4 is 24.5 Å². The highest BCUT2D eigenvalue weighted by Crippen LogP contribution is 2.29. The number of hydrogen-bond acceptors (Lipinski definition) is 4. The quantitative estimate of drug-likeness (QED) is 0.533. The molecule has 5 nitrogen and oxygen atoms in total. The molecular formula is C11H20N2O3S. The average Bonchev–Trinajstić information content (AvgIpc) is 2.35. The summed E-state index contributed by atoms with van der Waals surface area (Å²) >= 11 is 3.95. The Hall–Kier alpha value is -0.750. The number of carbonyl (C=O) groups is 2. The maximum atomic E-state index is 11.5. The van der Waals surface area contributed by atoms with E-state index in [1.807, 2.05) is 0 Å². The SMILES string of the molecule is N[C@@H](CS)C(=O)NC[C@@H]1CCCC[C@@H]1C(=O)O. The molecule has 0 heterocycles. The second-order valence-corrected chi connectivity index (χ2v) is 4.89. The molecule has 98 valence electrons. The first-order valence-electron chi connectivity index (χ1n) is 5.93. The predicted molar refractivity (Wildman–Crippen MR) is 67.9 cm³/mol. The highest BCUT2D eigenvalue weighted by atomic mass is 32.1.